The predicted molar refractivity (Wildman–Crippen MR) is 133 cm³/mol. The van der Waals surface area contributed by atoms with Crippen molar-refractivity contribution in [2.75, 3.05) is 27.3 Å². The number of halogens is 1. The molecule has 2 heterocycles. The summed E-state index contributed by atoms with van der Waals surface area (Å²) in [5.74, 6) is 3.47. The third kappa shape index (κ3) is 7.06. The molecular weight excluding hydrogens is 507 g/mol. The Balaban J connectivity index is 0.00000341. The third-order valence-electron chi connectivity index (χ3n) is 5.09. The molecular formula is C22H35IN6O2. The van der Waals surface area contributed by atoms with Crippen molar-refractivity contribution in [3.63, 3.8) is 0 Å². The highest BCUT2D eigenvalue weighted by molar-refractivity contribution is 14.0. The number of nitrogens with one attached hydrogen (secondary N) is 2. The maximum atomic E-state index is 6.04. The molecule has 1 aliphatic heterocycles. The molecule has 2 aromatic rings. The quantitative estimate of drug-likeness (QED) is 0.242. The molecule has 0 spiro atoms. The summed E-state index contributed by atoms with van der Waals surface area (Å²) in [7, 11) is 3.44. The smallest absolute Gasteiger partial charge is 0.191 e. The van der Waals surface area contributed by atoms with E-state index in [1.54, 1.807) is 14.2 Å². The fourth-order valence-corrected chi connectivity index (χ4v) is 3.60. The van der Waals surface area contributed by atoms with Crippen LogP contribution in [0.1, 0.15) is 44.4 Å². The second-order valence-electron chi connectivity index (χ2n) is 8.53. The van der Waals surface area contributed by atoms with Crippen LogP contribution in [0.2, 0.25) is 0 Å². The summed E-state index contributed by atoms with van der Waals surface area (Å²) in [5.41, 5.74) is 1.26. The Kier molecular flexibility index (Phi) is 9.54. The Morgan fingerprint density at radius 3 is 2.77 bits per heavy atom. The highest BCUT2D eigenvalue weighted by Crippen LogP contribution is 2.30. The Bertz CT molecular complexity index is 862. The van der Waals surface area contributed by atoms with Crippen LogP contribution in [0.15, 0.2) is 29.3 Å². The molecule has 1 aliphatic rings. The van der Waals surface area contributed by atoms with Gasteiger partial charge in [-0.3, -0.25) is 4.99 Å². The summed E-state index contributed by atoms with van der Waals surface area (Å²) in [6.07, 6.45) is 1.87. The summed E-state index contributed by atoms with van der Waals surface area (Å²) in [5, 5.41) is 11.3. The summed E-state index contributed by atoms with van der Waals surface area (Å²) in [6, 6.07) is 8.48. The van der Waals surface area contributed by atoms with Crippen LogP contribution in [-0.2, 0) is 29.7 Å². The minimum absolute atomic E-state index is 0. The zero-order chi connectivity index (χ0) is 21.6. The van der Waals surface area contributed by atoms with Gasteiger partial charge in [0.05, 0.1) is 13.1 Å². The molecule has 1 unspecified atom stereocenters. The van der Waals surface area contributed by atoms with E-state index in [2.05, 4.69) is 58.6 Å². The van der Waals surface area contributed by atoms with Crippen LogP contribution < -0.4 is 15.4 Å². The number of para-hydroxylation sites is 1. The van der Waals surface area contributed by atoms with E-state index in [0.29, 0.717) is 19.8 Å². The molecule has 9 heteroatoms. The molecule has 3 rings (SSSR count). The first kappa shape index (κ1) is 25.4. The van der Waals surface area contributed by atoms with Crippen LogP contribution in [-0.4, -0.2) is 54.1 Å². The van der Waals surface area contributed by atoms with Crippen molar-refractivity contribution < 1.29 is 9.47 Å². The highest BCUT2D eigenvalue weighted by Gasteiger charge is 2.22. The number of rotatable bonds is 7. The van der Waals surface area contributed by atoms with Crippen molar-refractivity contribution in [2.45, 2.75) is 58.2 Å². The zero-order valence-electron chi connectivity index (χ0n) is 19.1. The minimum Gasteiger partial charge on any atom is -0.491 e. The molecule has 0 amide bonds. The number of guanidine groups is 1. The van der Waals surface area contributed by atoms with Crippen molar-refractivity contribution in [3.8, 4) is 5.75 Å². The van der Waals surface area contributed by atoms with Crippen molar-refractivity contribution in [3.05, 3.63) is 41.5 Å². The Hall–Kier alpha value is -1.88. The molecule has 31 heavy (non-hydrogen) atoms. The van der Waals surface area contributed by atoms with Crippen LogP contribution in [0, 0.1) is 0 Å². The van der Waals surface area contributed by atoms with Crippen LogP contribution in [0.5, 0.6) is 5.75 Å². The number of methoxy groups -OCH3 is 1. The fourth-order valence-electron chi connectivity index (χ4n) is 3.60. The first-order valence-electron chi connectivity index (χ1n) is 10.5. The lowest BCUT2D eigenvalue weighted by Gasteiger charge is -2.25. The molecule has 1 atom stereocenters. The number of benzene rings is 1. The van der Waals surface area contributed by atoms with Gasteiger partial charge in [0, 0.05) is 26.6 Å². The zero-order valence-corrected chi connectivity index (χ0v) is 21.5. The minimum atomic E-state index is 0. The lowest BCUT2D eigenvalue weighted by Crippen LogP contribution is -2.47. The Labute approximate surface area is 202 Å². The van der Waals surface area contributed by atoms with E-state index < -0.39 is 0 Å². The lowest BCUT2D eigenvalue weighted by molar-refractivity contribution is 0.177. The highest BCUT2D eigenvalue weighted by atomic mass is 127. The van der Waals surface area contributed by atoms with Gasteiger partial charge < -0.3 is 20.1 Å². The number of nitrogens with zero attached hydrogens (tertiary/aromatic N) is 4. The summed E-state index contributed by atoms with van der Waals surface area (Å²) < 4.78 is 13.1. The number of aliphatic imine (C=N–C) groups is 1. The monoisotopic (exact) mass is 542 g/mol. The molecule has 0 saturated carbocycles. The molecule has 0 aliphatic carbocycles. The normalized spacial score (nSPS) is 16.3. The topological polar surface area (TPSA) is 85.6 Å². The van der Waals surface area contributed by atoms with E-state index in [9.17, 15) is 0 Å². The van der Waals surface area contributed by atoms with Gasteiger partial charge in [-0.2, -0.15) is 5.10 Å². The summed E-state index contributed by atoms with van der Waals surface area (Å²) >= 11 is 0. The van der Waals surface area contributed by atoms with E-state index in [0.717, 1.165) is 42.7 Å². The molecule has 0 bridgehead atoms. The molecule has 172 valence electrons. The van der Waals surface area contributed by atoms with Gasteiger partial charge in [-0.05, 0) is 23.5 Å². The number of aryl methyl sites for hydroxylation is 1. The fraction of sp³-hybridized carbons (Fsp3) is 0.591. The largest absolute Gasteiger partial charge is 0.491 e. The van der Waals surface area contributed by atoms with E-state index in [-0.39, 0.29) is 35.4 Å². The second-order valence-corrected chi connectivity index (χ2v) is 8.53. The van der Waals surface area contributed by atoms with Gasteiger partial charge in [0.2, 0.25) is 0 Å². The third-order valence-corrected chi connectivity index (χ3v) is 5.09. The average Bonchev–Trinajstić information content (AvgIpc) is 3.11. The summed E-state index contributed by atoms with van der Waals surface area (Å²) in [4.78, 5) is 8.87. The van der Waals surface area contributed by atoms with Crippen LogP contribution in [0.4, 0.5) is 0 Å². The molecule has 0 saturated heterocycles. The number of fused-ring (bicyclic) bond motifs is 1. The molecule has 0 radical (unpaired) electrons. The van der Waals surface area contributed by atoms with Crippen molar-refractivity contribution >= 4 is 29.9 Å². The molecule has 2 N–H and O–H groups in total. The van der Waals surface area contributed by atoms with Gasteiger partial charge >= 0.3 is 0 Å². The molecule has 8 nitrogen and oxygen atoms in total. The number of hydrogen-bond acceptors (Lipinski definition) is 5. The first-order valence-corrected chi connectivity index (χ1v) is 10.5. The van der Waals surface area contributed by atoms with Crippen molar-refractivity contribution in [1.29, 1.82) is 0 Å². The Morgan fingerprint density at radius 2 is 2.06 bits per heavy atom. The summed E-state index contributed by atoms with van der Waals surface area (Å²) in [6.45, 7) is 9.03. The van der Waals surface area contributed by atoms with E-state index in [1.807, 2.05) is 16.8 Å². The standard InChI is InChI=1S/C22H34N6O2.HI/c1-22(2,3)17-8-6-7-9-18(17)30-13-12-24-21(23-4)25-16-10-11-20-26-19(15-29-5)27-28(20)14-16;/h6-9,16H,10-15H2,1-5H3,(H2,23,24,25);1H. The number of aromatic nitrogens is 3. The predicted octanol–water partition coefficient (Wildman–Crippen LogP) is 2.90. The van der Waals surface area contributed by atoms with Crippen LogP contribution in [0.3, 0.4) is 0 Å². The van der Waals surface area contributed by atoms with Crippen molar-refractivity contribution in [1.82, 2.24) is 25.4 Å². The van der Waals surface area contributed by atoms with Gasteiger partial charge in [0.25, 0.3) is 0 Å². The maximum Gasteiger partial charge on any atom is 0.191 e. The van der Waals surface area contributed by atoms with Gasteiger partial charge in [0.1, 0.15) is 24.8 Å². The van der Waals surface area contributed by atoms with E-state index in [1.165, 1.54) is 5.56 Å². The first-order chi connectivity index (χ1) is 14.4. The molecule has 1 aromatic carbocycles. The second kappa shape index (κ2) is 11.7. The molecule has 0 fully saturated rings. The SMILES string of the molecule is CN=C(NCCOc1ccccc1C(C)(C)C)NC1CCc2nc(COC)nn2C1.I. The van der Waals surface area contributed by atoms with E-state index in [4.69, 9.17) is 9.47 Å². The number of hydrogen-bond donors (Lipinski definition) is 2. The number of ether oxygens (including phenoxy) is 2. The molecule has 1 aromatic heterocycles. The Morgan fingerprint density at radius 1 is 1.29 bits per heavy atom. The average molecular weight is 542 g/mol. The van der Waals surface area contributed by atoms with E-state index >= 15 is 0 Å². The van der Waals surface area contributed by atoms with Crippen LogP contribution in [0.25, 0.3) is 0 Å². The van der Waals surface area contributed by atoms with Crippen molar-refractivity contribution in [2.24, 2.45) is 4.99 Å². The maximum absolute atomic E-state index is 6.04. The lowest BCUT2D eigenvalue weighted by atomic mass is 9.86. The van der Waals surface area contributed by atoms with Gasteiger partial charge in [0.15, 0.2) is 11.8 Å². The van der Waals surface area contributed by atoms with Gasteiger partial charge in [-0.15, -0.1) is 24.0 Å². The van der Waals surface area contributed by atoms with Crippen LogP contribution >= 0.6 is 24.0 Å². The van der Waals surface area contributed by atoms with Gasteiger partial charge in [-0.25, -0.2) is 9.67 Å². The van der Waals surface area contributed by atoms with Gasteiger partial charge in [-0.1, -0.05) is 39.0 Å².